The molecule has 0 bridgehead atoms. The molecule has 1 aromatic rings. The Bertz CT molecular complexity index is 393. The third-order valence-electron chi connectivity index (χ3n) is 2.70. The van der Waals surface area contributed by atoms with Gasteiger partial charge in [-0.3, -0.25) is 4.79 Å². The van der Waals surface area contributed by atoms with Crippen LogP contribution in [0.15, 0.2) is 24.3 Å². The average Bonchev–Trinajstić information content (AvgIpc) is 2.27. The van der Waals surface area contributed by atoms with Gasteiger partial charge in [0, 0.05) is 17.9 Å². The number of carbonyl (C=O) groups is 2. The Hall–Kier alpha value is -1.44. The molecule has 0 heterocycles. The Labute approximate surface area is 96.7 Å². The van der Waals surface area contributed by atoms with Gasteiger partial charge in [0.05, 0.1) is 0 Å². The highest BCUT2D eigenvalue weighted by atomic mass is 16.1. The minimum atomic E-state index is -0.217. The molecule has 16 heavy (non-hydrogen) atoms. The fourth-order valence-electron chi connectivity index (χ4n) is 1.86. The molecule has 1 aromatic carbocycles. The van der Waals surface area contributed by atoms with Crippen LogP contribution >= 0.6 is 0 Å². The zero-order valence-corrected chi connectivity index (χ0v) is 10.1. The summed E-state index contributed by atoms with van der Waals surface area (Å²) in [6.07, 6.45) is 1.17. The highest BCUT2D eigenvalue weighted by Crippen LogP contribution is 2.17. The van der Waals surface area contributed by atoms with Gasteiger partial charge < -0.3 is 4.79 Å². The van der Waals surface area contributed by atoms with Gasteiger partial charge in [-0.25, -0.2) is 0 Å². The molecule has 0 spiro atoms. The summed E-state index contributed by atoms with van der Waals surface area (Å²) in [5, 5.41) is 0. The Balaban J connectivity index is 2.91. The van der Waals surface area contributed by atoms with Crippen molar-refractivity contribution in [3.63, 3.8) is 0 Å². The van der Waals surface area contributed by atoms with E-state index in [2.05, 4.69) is 0 Å². The molecule has 0 saturated carbocycles. The molecule has 0 aliphatic carbocycles. The monoisotopic (exact) mass is 218 g/mol. The summed E-state index contributed by atoms with van der Waals surface area (Å²) in [7, 11) is 0. The normalized spacial score (nSPS) is 12.2. The molecule has 0 saturated heterocycles. The molecule has 2 heteroatoms. The van der Waals surface area contributed by atoms with Crippen LogP contribution in [0.1, 0.15) is 43.1 Å². The van der Waals surface area contributed by atoms with Crippen molar-refractivity contribution in [2.45, 2.75) is 33.6 Å². The van der Waals surface area contributed by atoms with E-state index in [1.807, 2.05) is 38.1 Å². The van der Waals surface area contributed by atoms with Crippen LogP contribution in [0.25, 0.3) is 0 Å². The largest absolute Gasteiger partial charge is 0.300 e. The number of Topliss-reactive ketones (excluding diaryl/α,β-unsaturated/α-hetero) is 2. The second-order valence-corrected chi connectivity index (χ2v) is 4.18. The maximum absolute atomic E-state index is 12.1. The summed E-state index contributed by atoms with van der Waals surface area (Å²) in [6, 6.07) is 7.61. The van der Waals surface area contributed by atoms with E-state index in [9.17, 15) is 9.59 Å². The van der Waals surface area contributed by atoms with Crippen molar-refractivity contribution in [3.8, 4) is 0 Å². The van der Waals surface area contributed by atoms with Gasteiger partial charge in [-0.05, 0) is 18.9 Å². The zero-order chi connectivity index (χ0) is 12.1. The first-order chi connectivity index (χ1) is 7.56. The van der Waals surface area contributed by atoms with Crippen molar-refractivity contribution in [2.24, 2.45) is 5.92 Å². The van der Waals surface area contributed by atoms with Gasteiger partial charge in [-0.15, -0.1) is 0 Å². The van der Waals surface area contributed by atoms with Gasteiger partial charge in [0.1, 0.15) is 5.78 Å². The zero-order valence-electron chi connectivity index (χ0n) is 10.1. The predicted molar refractivity (Wildman–Crippen MR) is 64.6 cm³/mol. The lowest BCUT2D eigenvalue weighted by molar-refractivity contribution is -0.117. The van der Waals surface area contributed by atoms with Crippen molar-refractivity contribution < 1.29 is 9.59 Å². The lowest BCUT2D eigenvalue weighted by Crippen LogP contribution is -2.16. The second-order valence-electron chi connectivity index (χ2n) is 4.18. The second kappa shape index (κ2) is 5.59. The maximum Gasteiger partial charge on any atom is 0.166 e. The quantitative estimate of drug-likeness (QED) is 0.712. The molecule has 2 nitrogen and oxygen atoms in total. The van der Waals surface area contributed by atoms with E-state index >= 15 is 0 Å². The molecule has 1 atom stereocenters. The van der Waals surface area contributed by atoms with Crippen molar-refractivity contribution in [3.05, 3.63) is 35.4 Å². The first-order valence-electron chi connectivity index (χ1n) is 5.67. The molecule has 1 rings (SSSR count). The van der Waals surface area contributed by atoms with Crippen LogP contribution in [0.5, 0.6) is 0 Å². The number of carbonyl (C=O) groups excluding carboxylic acids is 2. The van der Waals surface area contributed by atoms with Crippen LogP contribution in [0.3, 0.4) is 0 Å². The first kappa shape index (κ1) is 12.6. The minimum absolute atomic E-state index is 0.0647. The molecular weight excluding hydrogens is 200 g/mol. The SMILES string of the molecule is CCc1ccccc1C(=O)C(C)CC(C)=O. The molecule has 0 aliphatic heterocycles. The fourth-order valence-corrected chi connectivity index (χ4v) is 1.86. The third-order valence-corrected chi connectivity index (χ3v) is 2.70. The summed E-state index contributed by atoms with van der Waals surface area (Å²) in [5.41, 5.74) is 1.82. The van der Waals surface area contributed by atoms with Crippen LogP contribution in [0.2, 0.25) is 0 Å². The lowest BCUT2D eigenvalue weighted by atomic mass is 9.91. The Morgan fingerprint density at radius 2 is 1.88 bits per heavy atom. The Kier molecular flexibility index (Phi) is 4.41. The first-order valence-corrected chi connectivity index (χ1v) is 5.67. The highest BCUT2D eigenvalue weighted by Gasteiger charge is 2.18. The number of rotatable bonds is 5. The van der Waals surface area contributed by atoms with Crippen LogP contribution in [-0.2, 0) is 11.2 Å². The van der Waals surface area contributed by atoms with Gasteiger partial charge in [-0.2, -0.15) is 0 Å². The van der Waals surface area contributed by atoms with Gasteiger partial charge in [-0.1, -0.05) is 38.1 Å². The van der Waals surface area contributed by atoms with Crippen molar-refractivity contribution >= 4 is 11.6 Å². The number of hydrogen-bond acceptors (Lipinski definition) is 2. The molecule has 0 fully saturated rings. The third kappa shape index (κ3) is 3.02. The number of aryl methyl sites for hydroxylation is 1. The topological polar surface area (TPSA) is 34.1 Å². The van der Waals surface area contributed by atoms with Crippen LogP contribution < -0.4 is 0 Å². The molecule has 0 aliphatic rings. The molecule has 86 valence electrons. The average molecular weight is 218 g/mol. The minimum Gasteiger partial charge on any atom is -0.300 e. The molecular formula is C14H18O2. The molecule has 0 N–H and O–H groups in total. The maximum atomic E-state index is 12.1. The summed E-state index contributed by atoms with van der Waals surface area (Å²) in [6.45, 7) is 5.37. The van der Waals surface area contributed by atoms with Gasteiger partial charge in [0.2, 0.25) is 0 Å². The summed E-state index contributed by atoms with van der Waals surface area (Å²) < 4.78 is 0. The van der Waals surface area contributed by atoms with E-state index in [4.69, 9.17) is 0 Å². The standard InChI is InChI=1S/C14H18O2/c1-4-12-7-5-6-8-13(12)14(16)10(2)9-11(3)15/h5-8,10H,4,9H2,1-3H3. The number of hydrogen-bond donors (Lipinski definition) is 0. The lowest BCUT2D eigenvalue weighted by Gasteiger charge is -2.11. The van der Waals surface area contributed by atoms with Crippen LogP contribution in [0, 0.1) is 5.92 Å². The van der Waals surface area contributed by atoms with Gasteiger partial charge >= 0.3 is 0 Å². The summed E-state index contributed by atoms with van der Waals surface area (Å²) in [4.78, 5) is 23.1. The van der Waals surface area contributed by atoms with Crippen LogP contribution in [0.4, 0.5) is 0 Å². The van der Waals surface area contributed by atoms with E-state index in [1.54, 1.807) is 0 Å². The summed E-state index contributed by atoms with van der Waals surface area (Å²) >= 11 is 0. The molecule has 0 aromatic heterocycles. The summed E-state index contributed by atoms with van der Waals surface area (Å²) in [5.74, 6) is -0.0762. The molecule has 0 radical (unpaired) electrons. The number of ketones is 2. The molecule has 1 unspecified atom stereocenters. The fraction of sp³-hybridized carbons (Fsp3) is 0.429. The predicted octanol–water partition coefficient (Wildman–Crippen LogP) is 3.05. The van der Waals surface area contributed by atoms with E-state index in [1.165, 1.54) is 6.92 Å². The van der Waals surface area contributed by atoms with Gasteiger partial charge in [0.25, 0.3) is 0 Å². The van der Waals surface area contributed by atoms with E-state index in [0.29, 0.717) is 6.42 Å². The highest BCUT2D eigenvalue weighted by molar-refractivity contribution is 6.00. The van der Waals surface area contributed by atoms with Crippen molar-refractivity contribution in [1.82, 2.24) is 0 Å². The van der Waals surface area contributed by atoms with Crippen molar-refractivity contribution in [2.75, 3.05) is 0 Å². The van der Waals surface area contributed by atoms with E-state index in [0.717, 1.165) is 17.5 Å². The van der Waals surface area contributed by atoms with Crippen LogP contribution in [-0.4, -0.2) is 11.6 Å². The Morgan fingerprint density at radius 1 is 1.25 bits per heavy atom. The molecule has 0 amide bonds. The van der Waals surface area contributed by atoms with E-state index < -0.39 is 0 Å². The smallest absolute Gasteiger partial charge is 0.166 e. The van der Waals surface area contributed by atoms with E-state index in [-0.39, 0.29) is 17.5 Å². The number of benzene rings is 1. The Morgan fingerprint density at radius 3 is 2.44 bits per heavy atom. The van der Waals surface area contributed by atoms with Gasteiger partial charge in [0.15, 0.2) is 5.78 Å². The van der Waals surface area contributed by atoms with Crippen molar-refractivity contribution in [1.29, 1.82) is 0 Å².